The molecule has 0 spiro atoms. The summed E-state index contributed by atoms with van der Waals surface area (Å²) in [5, 5.41) is 5.88. The van der Waals surface area contributed by atoms with Crippen LogP contribution >= 0.6 is 12.2 Å². The summed E-state index contributed by atoms with van der Waals surface area (Å²) in [6.07, 6.45) is 11.0. The molecule has 0 bridgehead atoms. The second-order valence-corrected chi connectivity index (χ2v) is 8.46. The number of rotatable bonds is 9. The van der Waals surface area contributed by atoms with E-state index in [1.165, 1.54) is 38.2 Å². The lowest BCUT2D eigenvalue weighted by molar-refractivity contribution is -0.115. The largest absolute Gasteiger partial charge is 0.494 e. The molecule has 1 aliphatic carbocycles. The molecule has 1 fully saturated rings. The van der Waals surface area contributed by atoms with E-state index < -0.39 is 0 Å². The maximum atomic E-state index is 12.2. The predicted molar refractivity (Wildman–Crippen MR) is 136 cm³/mol. The minimum absolute atomic E-state index is 0.225. The van der Waals surface area contributed by atoms with Crippen LogP contribution in [0.4, 0.5) is 5.69 Å². The van der Waals surface area contributed by atoms with Crippen LogP contribution in [0.1, 0.15) is 44.1 Å². The Bertz CT molecular complexity index is 953. The average Bonchev–Trinajstić information content (AvgIpc) is 2.84. The number of carbonyl (C=O) groups is 1. The summed E-state index contributed by atoms with van der Waals surface area (Å²) in [6.45, 7) is 0.748. The summed E-state index contributed by atoms with van der Waals surface area (Å²) >= 11 is 5.25. The van der Waals surface area contributed by atoms with Crippen LogP contribution in [0.2, 0.25) is 0 Å². The third-order valence-electron chi connectivity index (χ3n) is 5.70. The van der Waals surface area contributed by atoms with E-state index in [1.807, 2.05) is 30.3 Å². The first-order valence-corrected chi connectivity index (χ1v) is 11.7. The summed E-state index contributed by atoms with van der Waals surface area (Å²) in [7, 11) is 3.14. The Morgan fingerprint density at radius 2 is 1.76 bits per heavy atom. The summed E-state index contributed by atoms with van der Waals surface area (Å²) in [4.78, 5) is 12.2. The van der Waals surface area contributed by atoms with Crippen LogP contribution in [0.5, 0.6) is 17.2 Å². The van der Waals surface area contributed by atoms with E-state index in [-0.39, 0.29) is 11.0 Å². The highest BCUT2D eigenvalue weighted by atomic mass is 32.1. The molecule has 0 unspecified atom stereocenters. The Labute approximate surface area is 201 Å². The van der Waals surface area contributed by atoms with Crippen molar-refractivity contribution in [2.45, 2.75) is 38.5 Å². The lowest BCUT2D eigenvalue weighted by atomic mass is 9.87. The first-order valence-electron chi connectivity index (χ1n) is 11.3. The zero-order valence-electron chi connectivity index (χ0n) is 19.3. The van der Waals surface area contributed by atoms with Gasteiger partial charge in [-0.15, -0.1) is 0 Å². The molecule has 33 heavy (non-hydrogen) atoms. The molecule has 3 rings (SSSR count). The molecule has 0 saturated heterocycles. The summed E-state index contributed by atoms with van der Waals surface area (Å²) in [5.74, 6) is 2.54. The van der Waals surface area contributed by atoms with Crippen LogP contribution in [0, 0.1) is 5.92 Å². The van der Waals surface area contributed by atoms with Crippen molar-refractivity contribution in [3.63, 3.8) is 0 Å². The van der Waals surface area contributed by atoms with E-state index in [4.69, 9.17) is 26.4 Å². The molecule has 0 heterocycles. The van der Waals surface area contributed by atoms with E-state index in [2.05, 4.69) is 10.6 Å². The molecular weight excluding hydrogens is 436 g/mol. The summed E-state index contributed by atoms with van der Waals surface area (Å²) < 4.78 is 16.4. The van der Waals surface area contributed by atoms with Crippen molar-refractivity contribution < 1.29 is 19.0 Å². The standard InChI is InChI=1S/C26H32N2O4S/c1-30-23-14-8-20(18-24(23)31-2)9-15-25(29)28-26(33)27-21-10-12-22(13-11-21)32-17-16-19-6-4-3-5-7-19/h8-15,18-19H,3-7,16-17H2,1-2H3,(H2,27,28,29,33)/b15-9+. The van der Waals surface area contributed by atoms with Crippen molar-refractivity contribution in [1.29, 1.82) is 0 Å². The number of carbonyl (C=O) groups excluding carboxylic acids is 1. The van der Waals surface area contributed by atoms with Gasteiger partial charge in [0, 0.05) is 11.8 Å². The van der Waals surface area contributed by atoms with Gasteiger partial charge in [-0.3, -0.25) is 10.1 Å². The van der Waals surface area contributed by atoms with Gasteiger partial charge in [-0.2, -0.15) is 0 Å². The fourth-order valence-corrected chi connectivity index (χ4v) is 4.12. The SMILES string of the molecule is COc1ccc(/C=C/C(=O)NC(=S)Nc2ccc(OCCC3CCCCC3)cc2)cc1OC. The minimum Gasteiger partial charge on any atom is -0.494 e. The molecular formula is C26H32N2O4S. The molecule has 2 aromatic carbocycles. The monoisotopic (exact) mass is 468 g/mol. The van der Waals surface area contributed by atoms with Gasteiger partial charge in [-0.25, -0.2) is 0 Å². The second kappa shape index (κ2) is 12.8. The number of methoxy groups -OCH3 is 2. The van der Waals surface area contributed by atoms with Crippen molar-refractivity contribution in [2.24, 2.45) is 5.92 Å². The number of hydrogen-bond acceptors (Lipinski definition) is 5. The highest BCUT2D eigenvalue weighted by molar-refractivity contribution is 7.80. The topological polar surface area (TPSA) is 68.8 Å². The number of ether oxygens (including phenoxy) is 3. The molecule has 2 N–H and O–H groups in total. The summed E-state index contributed by atoms with van der Waals surface area (Å²) in [6, 6.07) is 13.0. The maximum Gasteiger partial charge on any atom is 0.250 e. The number of hydrogen-bond donors (Lipinski definition) is 2. The average molecular weight is 469 g/mol. The van der Waals surface area contributed by atoms with Gasteiger partial charge >= 0.3 is 0 Å². The molecule has 0 aliphatic heterocycles. The fourth-order valence-electron chi connectivity index (χ4n) is 3.90. The third kappa shape index (κ3) is 8.09. The molecule has 1 saturated carbocycles. The van der Waals surface area contributed by atoms with Crippen LogP contribution in [0.3, 0.4) is 0 Å². The number of anilines is 1. The molecule has 2 aromatic rings. The normalized spacial score (nSPS) is 14.0. The van der Waals surface area contributed by atoms with Gasteiger partial charge in [0.1, 0.15) is 5.75 Å². The van der Waals surface area contributed by atoms with Gasteiger partial charge in [-0.1, -0.05) is 38.2 Å². The second-order valence-electron chi connectivity index (χ2n) is 8.06. The Hall–Kier alpha value is -3.06. The predicted octanol–water partition coefficient (Wildman–Crippen LogP) is 5.58. The quantitative estimate of drug-likeness (QED) is 0.370. The number of nitrogens with one attached hydrogen (secondary N) is 2. The van der Waals surface area contributed by atoms with Gasteiger partial charge in [0.15, 0.2) is 16.6 Å². The van der Waals surface area contributed by atoms with Gasteiger partial charge in [0.2, 0.25) is 5.91 Å². The van der Waals surface area contributed by atoms with Gasteiger partial charge in [0.25, 0.3) is 0 Å². The molecule has 0 radical (unpaired) electrons. The van der Waals surface area contributed by atoms with Crippen molar-refractivity contribution in [3.05, 3.63) is 54.1 Å². The number of benzene rings is 2. The van der Waals surface area contributed by atoms with E-state index >= 15 is 0 Å². The molecule has 0 aromatic heterocycles. The first kappa shape index (κ1) is 24.6. The Kier molecular flexibility index (Phi) is 9.57. The Morgan fingerprint density at radius 1 is 1.03 bits per heavy atom. The lowest BCUT2D eigenvalue weighted by Crippen LogP contribution is -2.32. The lowest BCUT2D eigenvalue weighted by Gasteiger charge is -2.21. The number of amides is 1. The maximum absolute atomic E-state index is 12.2. The van der Waals surface area contributed by atoms with Crippen molar-refractivity contribution in [2.75, 3.05) is 26.1 Å². The van der Waals surface area contributed by atoms with E-state index in [9.17, 15) is 4.79 Å². The van der Waals surface area contributed by atoms with Crippen molar-refractivity contribution in [1.82, 2.24) is 5.32 Å². The smallest absolute Gasteiger partial charge is 0.250 e. The molecule has 7 heteroatoms. The van der Waals surface area contributed by atoms with Crippen molar-refractivity contribution in [3.8, 4) is 17.2 Å². The van der Waals surface area contributed by atoms with E-state index in [0.29, 0.717) is 11.5 Å². The zero-order valence-corrected chi connectivity index (χ0v) is 20.1. The van der Waals surface area contributed by atoms with E-state index in [0.717, 1.165) is 35.9 Å². The van der Waals surface area contributed by atoms with Crippen LogP contribution in [-0.2, 0) is 4.79 Å². The molecule has 0 atom stereocenters. The third-order valence-corrected chi connectivity index (χ3v) is 5.91. The highest BCUT2D eigenvalue weighted by Crippen LogP contribution is 2.28. The minimum atomic E-state index is -0.329. The molecule has 176 valence electrons. The van der Waals surface area contributed by atoms with E-state index in [1.54, 1.807) is 32.4 Å². The summed E-state index contributed by atoms with van der Waals surface area (Å²) in [5.41, 5.74) is 1.59. The molecule has 1 amide bonds. The molecule has 6 nitrogen and oxygen atoms in total. The van der Waals surface area contributed by atoms with Crippen LogP contribution in [0.15, 0.2) is 48.5 Å². The Morgan fingerprint density at radius 3 is 2.45 bits per heavy atom. The van der Waals surface area contributed by atoms with Crippen LogP contribution < -0.4 is 24.8 Å². The zero-order chi connectivity index (χ0) is 23.5. The van der Waals surface area contributed by atoms with Gasteiger partial charge in [0.05, 0.1) is 20.8 Å². The van der Waals surface area contributed by atoms with Gasteiger partial charge in [-0.05, 0) is 72.6 Å². The highest BCUT2D eigenvalue weighted by Gasteiger charge is 2.13. The van der Waals surface area contributed by atoms with Crippen LogP contribution in [0.25, 0.3) is 6.08 Å². The number of thiocarbonyl (C=S) groups is 1. The molecule has 1 aliphatic rings. The Balaban J connectivity index is 1.42. The van der Waals surface area contributed by atoms with Crippen molar-refractivity contribution >= 4 is 35.0 Å². The fraction of sp³-hybridized carbons (Fsp3) is 0.385. The first-order chi connectivity index (χ1) is 16.1. The van der Waals surface area contributed by atoms with Gasteiger partial charge < -0.3 is 19.5 Å². The van der Waals surface area contributed by atoms with Crippen LogP contribution in [-0.4, -0.2) is 31.8 Å².